The number of hydrogen-bond acceptors (Lipinski definition) is 3. The SMILES string of the molecule is CCNC(CCC1CC1)c1cnc(C)cn1. The lowest BCUT2D eigenvalue weighted by Gasteiger charge is -2.16. The monoisotopic (exact) mass is 219 g/mol. The van der Waals surface area contributed by atoms with Crippen LogP contribution in [0.4, 0.5) is 0 Å². The van der Waals surface area contributed by atoms with Gasteiger partial charge in [-0.2, -0.15) is 0 Å². The Labute approximate surface area is 97.7 Å². The van der Waals surface area contributed by atoms with Gasteiger partial charge in [0.2, 0.25) is 0 Å². The minimum Gasteiger partial charge on any atom is -0.309 e. The van der Waals surface area contributed by atoms with Crippen molar-refractivity contribution in [1.29, 1.82) is 0 Å². The van der Waals surface area contributed by atoms with Crippen molar-refractivity contribution < 1.29 is 0 Å². The topological polar surface area (TPSA) is 37.8 Å². The summed E-state index contributed by atoms with van der Waals surface area (Å²) < 4.78 is 0. The average Bonchev–Trinajstić information content (AvgIpc) is 3.09. The van der Waals surface area contributed by atoms with E-state index in [1.165, 1.54) is 25.7 Å². The first-order valence-electron chi connectivity index (χ1n) is 6.31. The molecule has 0 amide bonds. The Hall–Kier alpha value is -0.960. The van der Waals surface area contributed by atoms with Crippen molar-refractivity contribution in [1.82, 2.24) is 15.3 Å². The van der Waals surface area contributed by atoms with Crippen molar-refractivity contribution in [2.75, 3.05) is 6.54 Å². The van der Waals surface area contributed by atoms with E-state index in [1.54, 1.807) is 0 Å². The number of nitrogens with one attached hydrogen (secondary N) is 1. The quantitative estimate of drug-likeness (QED) is 0.799. The lowest BCUT2D eigenvalue weighted by atomic mass is 10.1. The fourth-order valence-electron chi connectivity index (χ4n) is 1.99. The Morgan fingerprint density at radius 3 is 2.75 bits per heavy atom. The first kappa shape index (κ1) is 11.5. The molecular weight excluding hydrogens is 198 g/mol. The fraction of sp³-hybridized carbons (Fsp3) is 0.692. The van der Waals surface area contributed by atoms with E-state index in [2.05, 4.69) is 22.2 Å². The molecule has 0 radical (unpaired) electrons. The maximum Gasteiger partial charge on any atom is 0.0756 e. The van der Waals surface area contributed by atoms with Crippen molar-refractivity contribution in [2.45, 2.75) is 45.6 Å². The summed E-state index contributed by atoms with van der Waals surface area (Å²) in [4.78, 5) is 8.79. The maximum atomic E-state index is 4.47. The van der Waals surface area contributed by atoms with Crippen LogP contribution < -0.4 is 5.32 Å². The van der Waals surface area contributed by atoms with Crippen molar-refractivity contribution in [2.24, 2.45) is 5.92 Å². The molecule has 1 unspecified atom stereocenters. The van der Waals surface area contributed by atoms with Gasteiger partial charge in [0.15, 0.2) is 0 Å². The van der Waals surface area contributed by atoms with Crippen LogP contribution in [-0.4, -0.2) is 16.5 Å². The molecule has 1 aliphatic rings. The van der Waals surface area contributed by atoms with Gasteiger partial charge >= 0.3 is 0 Å². The van der Waals surface area contributed by atoms with Gasteiger partial charge in [0.05, 0.1) is 23.6 Å². The summed E-state index contributed by atoms with van der Waals surface area (Å²) in [7, 11) is 0. The Bertz CT molecular complexity index is 316. The predicted molar refractivity (Wildman–Crippen MR) is 65.1 cm³/mol. The summed E-state index contributed by atoms with van der Waals surface area (Å²) >= 11 is 0. The fourth-order valence-corrected chi connectivity index (χ4v) is 1.99. The number of nitrogens with zero attached hydrogens (tertiary/aromatic N) is 2. The molecular formula is C13H21N3. The molecule has 0 aromatic carbocycles. The van der Waals surface area contributed by atoms with E-state index in [4.69, 9.17) is 0 Å². The molecule has 0 bridgehead atoms. The molecule has 0 spiro atoms. The molecule has 1 saturated carbocycles. The number of aromatic nitrogens is 2. The lowest BCUT2D eigenvalue weighted by molar-refractivity contribution is 0.470. The molecule has 88 valence electrons. The minimum atomic E-state index is 0.388. The van der Waals surface area contributed by atoms with E-state index >= 15 is 0 Å². The molecule has 1 aliphatic carbocycles. The highest BCUT2D eigenvalue weighted by Gasteiger charge is 2.23. The molecule has 2 rings (SSSR count). The van der Waals surface area contributed by atoms with Gasteiger partial charge < -0.3 is 5.32 Å². The van der Waals surface area contributed by atoms with Gasteiger partial charge in [-0.1, -0.05) is 19.8 Å². The Morgan fingerprint density at radius 1 is 1.38 bits per heavy atom. The molecule has 1 aromatic heterocycles. The second kappa shape index (κ2) is 5.39. The van der Waals surface area contributed by atoms with Gasteiger partial charge in [-0.3, -0.25) is 9.97 Å². The Balaban J connectivity index is 1.95. The first-order valence-corrected chi connectivity index (χ1v) is 6.31. The van der Waals surface area contributed by atoms with Crippen LogP contribution in [0.15, 0.2) is 12.4 Å². The van der Waals surface area contributed by atoms with E-state index in [0.29, 0.717) is 6.04 Å². The van der Waals surface area contributed by atoms with Crippen molar-refractivity contribution in [3.8, 4) is 0 Å². The van der Waals surface area contributed by atoms with E-state index < -0.39 is 0 Å². The zero-order chi connectivity index (χ0) is 11.4. The van der Waals surface area contributed by atoms with Crippen LogP contribution in [0.3, 0.4) is 0 Å². The lowest BCUT2D eigenvalue weighted by Crippen LogP contribution is -2.22. The minimum absolute atomic E-state index is 0.388. The van der Waals surface area contributed by atoms with Crippen LogP contribution in [-0.2, 0) is 0 Å². The maximum absolute atomic E-state index is 4.47. The summed E-state index contributed by atoms with van der Waals surface area (Å²) in [5, 5.41) is 3.50. The summed E-state index contributed by atoms with van der Waals surface area (Å²) in [5.41, 5.74) is 2.08. The van der Waals surface area contributed by atoms with Crippen LogP contribution in [0.25, 0.3) is 0 Å². The smallest absolute Gasteiger partial charge is 0.0756 e. The summed E-state index contributed by atoms with van der Waals surface area (Å²) in [6.07, 6.45) is 9.15. The summed E-state index contributed by atoms with van der Waals surface area (Å²) in [5.74, 6) is 0.986. The van der Waals surface area contributed by atoms with E-state index in [0.717, 1.165) is 23.9 Å². The third-order valence-corrected chi connectivity index (χ3v) is 3.17. The molecule has 0 aliphatic heterocycles. The normalized spacial score (nSPS) is 17.4. The molecule has 1 heterocycles. The van der Waals surface area contributed by atoms with Crippen molar-refractivity contribution in [3.05, 3.63) is 23.8 Å². The zero-order valence-corrected chi connectivity index (χ0v) is 10.2. The molecule has 1 fully saturated rings. The Kier molecular flexibility index (Phi) is 3.88. The van der Waals surface area contributed by atoms with Crippen LogP contribution in [0.2, 0.25) is 0 Å². The number of rotatable bonds is 6. The molecule has 3 heteroatoms. The van der Waals surface area contributed by atoms with Gasteiger partial charge in [0.25, 0.3) is 0 Å². The van der Waals surface area contributed by atoms with Crippen LogP contribution in [0.5, 0.6) is 0 Å². The van der Waals surface area contributed by atoms with E-state index in [-0.39, 0.29) is 0 Å². The van der Waals surface area contributed by atoms with E-state index in [1.807, 2.05) is 19.3 Å². The number of hydrogen-bond donors (Lipinski definition) is 1. The molecule has 1 aromatic rings. The van der Waals surface area contributed by atoms with Crippen molar-refractivity contribution >= 4 is 0 Å². The zero-order valence-electron chi connectivity index (χ0n) is 10.2. The second-order valence-corrected chi connectivity index (χ2v) is 4.71. The summed E-state index contributed by atoms with van der Waals surface area (Å²) in [6, 6.07) is 0.388. The highest BCUT2D eigenvalue weighted by molar-refractivity contribution is 5.06. The van der Waals surface area contributed by atoms with Crippen molar-refractivity contribution in [3.63, 3.8) is 0 Å². The summed E-state index contributed by atoms with van der Waals surface area (Å²) in [6.45, 7) is 5.11. The molecule has 1 atom stereocenters. The average molecular weight is 219 g/mol. The molecule has 3 nitrogen and oxygen atoms in total. The van der Waals surface area contributed by atoms with Gasteiger partial charge in [-0.05, 0) is 32.2 Å². The third-order valence-electron chi connectivity index (χ3n) is 3.17. The third kappa shape index (κ3) is 3.27. The van der Waals surface area contributed by atoms with Crippen LogP contribution in [0, 0.1) is 12.8 Å². The molecule has 0 saturated heterocycles. The van der Waals surface area contributed by atoms with Crippen LogP contribution >= 0.6 is 0 Å². The standard InChI is InChI=1S/C13H21N3/c1-3-14-12(7-6-11-4-5-11)13-9-15-10(2)8-16-13/h8-9,11-12,14H,3-7H2,1-2H3. The largest absolute Gasteiger partial charge is 0.309 e. The predicted octanol–water partition coefficient (Wildman–Crippen LogP) is 2.63. The van der Waals surface area contributed by atoms with Gasteiger partial charge in [0.1, 0.15) is 0 Å². The Morgan fingerprint density at radius 2 is 2.19 bits per heavy atom. The molecule has 16 heavy (non-hydrogen) atoms. The highest BCUT2D eigenvalue weighted by Crippen LogP contribution is 2.35. The molecule has 1 N–H and O–H groups in total. The van der Waals surface area contributed by atoms with Gasteiger partial charge in [0, 0.05) is 6.20 Å². The second-order valence-electron chi connectivity index (χ2n) is 4.71. The van der Waals surface area contributed by atoms with E-state index in [9.17, 15) is 0 Å². The highest BCUT2D eigenvalue weighted by atomic mass is 14.9. The number of aryl methyl sites for hydroxylation is 1. The van der Waals surface area contributed by atoms with Gasteiger partial charge in [-0.25, -0.2) is 0 Å². The first-order chi connectivity index (χ1) is 7.79. The van der Waals surface area contributed by atoms with Crippen LogP contribution in [0.1, 0.15) is 50.0 Å². The van der Waals surface area contributed by atoms with Gasteiger partial charge in [-0.15, -0.1) is 0 Å².